The van der Waals surface area contributed by atoms with Crippen LogP contribution in [0.3, 0.4) is 0 Å². The van der Waals surface area contributed by atoms with Crippen molar-refractivity contribution in [3.05, 3.63) is 106 Å². The fraction of sp³-hybridized carbons (Fsp3) is 0. The number of benzene rings is 3. The zero-order valence-corrected chi connectivity index (χ0v) is 19.9. The molecule has 0 bridgehead atoms. The maximum absolute atomic E-state index is 13.2. The Morgan fingerprint density at radius 1 is 0.545 bits per heavy atom. The Labute approximate surface area is 198 Å². The summed E-state index contributed by atoms with van der Waals surface area (Å²) in [6.45, 7) is 0. The summed E-state index contributed by atoms with van der Waals surface area (Å²) in [7, 11) is -8.62. The highest BCUT2D eigenvalue weighted by Gasteiger charge is 2.36. The van der Waals surface area contributed by atoms with Gasteiger partial charge in [0.2, 0.25) is 11.6 Å². The van der Waals surface area contributed by atoms with Crippen LogP contribution in [0.15, 0.2) is 105 Å². The van der Waals surface area contributed by atoms with Gasteiger partial charge in [-0.2, -0.15) is 0 Å². The van der Waals surface area contributed by atoms with E-state index in [1.807, 2.05) is 0 Å². The molecule has 3 aromatic rings. The van der Waals surface area contributed by atoms with Crippen LogP contribution in [0.5, 0.6) is 0 Å². The largest absolute Gasteiger partial charge is 0.287 e. The number of carbonyl (C=O) groups excluding carboxylic acids is 2. The number of hydrogen-bond donors (Lipinski definition) is 2. The molecule has 33 heavy (non-hydrogen) atoms. The molecule has 0 atom stereocenters. The van der Waals surface area contributed by atoms with Crippen molar-refractivity contribution in [2.45, 2.75) is 9.79 Å². The summed E-state index contributed by atoms with van der Waals surface area (Å²) < 4.78 is 56.6. The number of nitrogens with one attached hydrogen (secondary N) is 2. The molecule has 2 N–H and O–H groups in total. The Kier molecular flexibility index (Phi) is 5.95. The molecule has 0 heterocycles. The molecule has 0 fully saturated rings. The summed E-state index contributed by atoms with van der Waals surface area (Å²) in [5.74, 6) is -1.67. The molecular formula is C22H15BrN2O6S2. The molecule has 1 aliphatic rings. The van der Waals surface area contributed by atoms with Crippen molar-refractivity contribution in [1.29, 1.82) is 0 Å². The standard InChI is InChI=1S/C22H15BrN2O6S2/c23-14-10-12-16(13-11-14)33(30,31)25-20-19(24-32(28,29)15-6-2-1-3-7-15)21(26)17-8-4-5-9-18(17)22(20)27/h1-13,24-25H. The van der Waals surface area contributed by atoms with Crippen LogP contribution in [-0.4, -0.2) is 28.4 Å². The van der Waals surface area contributed by atoms with Crippen molar-refractivity contribution >= 4 is 47.5 Å². The number of rotatable bonds is 6. The highest BCUT2D eigenvalue weighted by molar-refractivity contribution is 9.10. The SMILES string of the molecule is O=C1C(NS(=O)(=O)c2ccccc2)=C(NS(=O)(=O)c2ccc(Br)cc2)C(=O)c2ccccc21. The van der Waals surface area contributed by atoms with Crippen molar-refractivity contribution in [3.8, 4) is 0 Å². The molecule has 0 spiro atoms. The summed E-state index contributed by atoms with van der Waals surface area (Å²) in [6, 6.07) is 18.5. The summed E-state index contributed by atoms with van der Waals surface area (Å²) in [6.07, 6.45) is 0. The van der Waals surface area contributed by atoms with Crippen LogP contribution in [0.1, 0.15) is 20.7 Å². The Morgan fingerprint density at radius 2 is 0.939 bits per heavy atom. The molecule has 0 saturated carbocycles. The van der Waals surface area contributed by atoms with Gasteiger partial charge in [-0.3, -0.25) is 19.0 Å². The van der Waals surface area contributed by atoms with E-state index >= 15 is 0 Å². The zero-order valence-electron chi connectivity index (χ0n) is 16.6. The Hall–Kier alpha value is -3.28. The number of sulfonamides is 2. The van der Waals surface area contributed by atoms with Gasteiger partial charge >= 0.3 is 0 Å². The Morgan fingerprint density at radius 3 is 1.39 bits per heavy atom. The quantitative estimate of drug-likeness (QED) is 0.489. The Balaban J connectivity index is 1.85. The number of halogens is 1. The highest BCUT2D eigenvalue weighted by Crippen LogP contribution is 2.27. The van der Waals surface area contributed by atoms with Crippen molar-refractivity contribution in [3.63, 3.8) is 0 Å². The minimum Gasteiger partial charge on any atom is -0.287 e. The summed E-state index contributed by atoms with van der Waals surface area (Å²) in [5.41, 5.74) is -1.44. The molecule has 1 aliphatic carbocycles. The molecular weight excluding hydrogens is 532 g/mol. The van der Waals surface area contributed by atoms with Crippen LogP contribution < -0.4 is 9.44 Å². The van der Waals surface area contributed by atoms with Crippen LogP contribution >= 0.6 is 15.9 Å². The maximum atomic E-state index is 13.2. The average molecular weight is 547 g/mol. The monoisotopic (exact) mass is 546 g/mol. The number of hydrogen-bond acceptors (Lipinski definition) is 6. The van der Waals surface area contributed by atoms with Crippen molar-refractivity contribution in [1.82, 2.24) is 9.44 Å². The molecule has 0 radical (unpaired) electrons. The lowest BCUT2D eigenvalue weighted by atomic mass is 9.91. The topological polar surface area (TPSA) is 126 Å². The molecule has 4 rings (SSSR count). The van der Waals surface area contributed by atoms with Gasteiger partial charge in [0, 0.05) is 15.6 Å². The van der Waals surface area contributed by atoms with Gasteiger partial charge < -0.3 is 0 Å². The lowest BCUT2D eigenvalue weighted by Crippen LogP contribution is -2.40. The van der Waals surface area contributed by atoms with Gasteiger partial charge in [0.05, 0.1) is 9.79 Å². The predicted octanol–water partition coefficient (Wildman–Crippen LogP) is 3.00. The van der Waals surface area contributed by atoms with Crippen molar-refractivity contribution < 1.29 is 26.4 Å². The molecule has 0 aromatic heterocycles. The van der Waals surface area contributed by atoms with E-state index < -0.39 is 43.0 Å². The molecule has 8 nitrogen and oxygen atoms in total. The third-order valence-electron chi connectivity index (χ3n) is 4.77. The fourth-order valence-electron chi connectivity index (χ4n) is 3.17. The van der Waals surface area contributed by atoms with Crippen LogP contribution in [-0.2, 0) is 20.0 Å². The van der Waals surface area contributed by atoms with Gasteiger partial charge in [0.1, 0.15) is 11.4 Å². The fourth-order valence-corrected chi connectivity index (χ4v) is 5.61. The second-order valence-electron chi connectivity index (χ2n) is 6.93. The van der Waals surface area contributed by atoms with E-state index in [0.717, 1.165) is 0 Å². The van der Waals surface area contributed by atoms with E-state index in [9.17, 15) is 26.4 Å². The minimum absolute atomic E-state index is 0.0418. The van der Waals surface area contributed by atoms with Gasteiger partial charge in [-0.05, 0) is 36.4 Å². The van der Waals surface area contributed by atoms with Gasteiger partial charge in [-0.15, -0.1) is 0 Å². The second kappa shape index (κ2) is 8.58. The van der Waals surface area contributed by atoms with Crippen molar-refractivity contribution in [2.24, 2.45) is 0 Å². The van der Waals surface area contributed by atoms with Crippen LogP contribution in [0.2, 0.25) is 0 Å². The van der Waals surface area contributed by atoms with Crippen LogP contribution in [0.25, 0.3) is 0 Å². The molecule has 0 unspecified atom stereocenters. The van der Waals surface area contributed by atoms with E-state index in [2.05, 4.69) is 25.4 Å². The number of ketones is 2. The van der Waals surface area contributed by atoms with Gasteiger partial charge in [-0.1, -0.05) is 58.4 Å². The van der Waals surface area contributed by atoms with Gasteiger partial charge in [0.15, 0.2) is 0 Å². The number of Topliss-reactive ketones (excluding diaryl/α,β-unsaturated/α-hetero) is 2. The maximum Gasteiger partial charge on any atom is 0.262 e. The van der Waals surface area contributed by atoms with E-state index in [0.29, 0.717) is 4.47 Å². The highest BCUT2D eigenvalue weighted by atomic mass is 79.9. The molecule has 0 amide bonds. The summed E-state index contributed by atoms with van der Waals surface area (Å²) in [5, 5.41) is 0. The van der Waals surface area contributed by atoms with Crippen LogP contribution in [0, 0.1) is 0 Å². The van der Waals surface area contributed by atoms with E-state index in [1.165, 1.54) is 72.8 Å². The lowest BCUT2D eigenvalue weighted by molar-refractivity contribution is 0.0968. The second-order valence-corrected chi connectivity index (χ2v) is 11.2. The summed E-state index contributed by atoms with van der Waals surface area (Å²) in [4.78, 5) is 26.0. The van der Waals surface area contributed by atoms with E-state index in [4.69, 9.17) is 0 Å². The first-order valence-corrected chi connectivity index (χ1v) is 13.1. The molecule has 0 aliphatic heterocycles. The zero-order chi connectivity index (χ0) is 23.8. The molecule has 11 heteroatoms. The molecule has 3 aromatic carbocycles. The predicted molar refractivity (Wildman–Crippen MR) is 123 cm³/mol. The molecule has 168 valence electrons. The summed E-state index contributed by atoms with van der Waals surface area (Å²) >= 11 is 3.21. The first-order valence-electron chi connectivity index (χ1n) is 9.39. The van der Waals surface area contributed by atoms with Crippen molar-refractivity contribution in [2.75, 3.05) is 0 Å². The van der Waals surface area contributed by atoms with Crippen LogP contribution in [0.4, 0.5) is 0 Å². The minimum atomic E-state index is -4.33. The third-order valence-corrected chi connectivity index (χ3v) is 8.03. The third kappa shape index (κ3) is 4.47. The lowest BCUT2D eigenvalue weighted by Gasteiger charge is -2.22. The number of fused-ring (bicyclic) bond motifs is 1. The van der Waals surface area contributed by atoms with E-state index in [-0.39, 0.29) is 20.9 Å². The average Bonchev–Trinajstić information content (AvgIpc) is 2.80. The number of carbonyl (C=O) groups is 2. The van der Waals surface area contributed by atoms with Gasteiger partial charge in [-0.25, -0.2) is 16.8 Å². The molecule has 0 saturated heterocycles. The first kappa shape index (κ1) is 22.9. The first-order chi connectivity index (χ1) is 15.6. The van der Waals surface area contributed by atoms with Gasteiger partial charge in [0.25, 0.3) is 20.0 Å². The normalized spacial score (nSPS) is 14.1. The number of allylic oxidation sites excluding steroid dienone is 2. The smallest absolute Gasteiger partial charge is 0.262 e. The Bertz CT molecular complexity index is 1510. The van der Waals surface area contributed by atoms with E-state index in [1.54, 1.807) is 6.07 Å².